The zero-order valence-electron chi connectivity index (χ0n) is 6.66. The van der Waals surface area contributed by atoms with Gasteiger partial charge in [-0.15, -0.1) is 0 Å². The predicted octanol–water partition coefficient (Wildman–Crippen LogP) is 1.57. The number of hydrogen-bond acceptors (Lipinski definition) is 2. The summed E-state index contributed by atoms with van der Waals surface area (Å²) < 4.78 is 5.23. The van der Waals surface area contributed by atoms with Crippen molar-refractivity contribution in [2.24, 2.45) is 5.73 Å². The molecule has 12 heavy (non-hydrogen) atoms. The molecule has 0 saturated heterocycles. The molecule has 3 nitrogen and oxygen atoms in total. The fraction of sp³-hybridized carbons (Fsp3) is 0.222. The Morgan fingerprint density at radius 3 is 2.50 bits per heavy atom. The van der Waals surface area contributed by atoms with Crippen LogP contribution in [0.2, 0.25) is 0 Å². The molecule has 0 aliphatic carbocycles. The van der Waals surface area contributed by atoms with E-state index < -0.39 is 0 Å². The van der Waals surface area contributed by atoms with Gasteiger partial charge in [-0.25, -0.2) is 4.85 Å². The lowest BCUT2D eigenvalue weighted by Crippen LogP contribution is -2.10. The number of hydrogen-bond donors (Lipinski definition) is 1. The Morgan fingerprint density at radius 1 is 1.33 bits per heavy atom. The molecule has 1 aromatic carbocycles. The standard InChI is InChI=1S/C9H10N2O/c1-11-8-2-4-9(5-3-8)12-7-6-10/h2-5H,6-7,10H2. The van der Waals surface area contributed by atoms with Crippen molar-refractivity contribution in [1.29, 1.82) is 0 Å². The molecule has 2 N–H and O–H groups in total. The van der Waals surface area contributed by atoms with Crippen LogP contribution in [0.25, 0.3) is 4.85 Å². The number of nitrogens with zero attached hydrogens (tertiary/aromatic N) is 1. The van der Waals surface area contributed by atoms with Crippen LogP contribution in [0, 0.1) is 6.57 Å². The lowest BCUT2D eigenvalue weighted by Gasteiger charge is -2.02. The van der Waals surface area contributed by atoms with Gasteiger partial charge in [-0.3, -0.25) is 0 Å². The largest absolute Gasteiger partial charge is 0.492 e. The molecule has 0 aliphatic rings. The van der Waals surface area contributed by atoms with E-state index in [1.165, 1.54) is 0 Å². The minimum absolute atomic E-state index is 0.505. The summed E-state index contributed by atoms with van der Waals surface area (Å²) in [5, 5.41) is 0. The van der Waals surface area contributed by atoms with Crippen molar-refractivity contribution in [3.63, 3.8) is 0 Å². The second kappa shape index (κ2) is 4.37. The van der Waals surface area contributed by atoms with E-state index in [1.54, 1.807) is 24.3 Å². The Hall–Kier alpha value is -1.53. The average molecular weight is 162 g/mol. The molecule has 0 radical (unpaired) electrons. The van der Waals surface area contributed by atoms with Crippen molar-refractivity contribution in [2.45, 2.75) is 0 Å². The summed E-state index contributed by atoms with van der Waals surface area (Å²) >= 11 is 0. The number of nitrogens with two attached hydrogens (primary N) is 1. The van der Waals surface area contributed by atoms with Crippen LogP contribution in [0.5, 0.6) is 5.75 Å². The SMILES string of the molecule is [C-]#[N+]c1ccc(OCCN)cc1. The third kappa shape index (κ3) is 2.26. The first-order valence-electron chi connectivity index (χ1n) is 3.67. The van der Waals surface area contributed by atoms with E-state index in [1.807, 2.05) is 0 Å². The number of rotatable bonds is 3. The smallest absolute Gasteiger partial charge is 0.187 e. The third-order valence-electron chi connectivity index (χ3n) is 1.35. The van der Waals surface area contributed by atoms with Crippen molar-refractivity contribution < 1.29 is 4.74 Å². The summed E-state index contributed by atoms with van der Waals surface area (Å²) in [6.07, 6.45) is 0. The summed E-state index contributed by atoms with van der Waals surface area (Å²) in [7, 11) is 0. The first-order valence-corrected chi connectivity index (χ1v) is 3.67. The van der Waals surface area contributed by atoms with Crippen LogP contribution >= 0.6 is 0 Å². The highest BCUT2D eigenvalue weighted by Crippen LogP contribution is 2.17. The van der Waals surface area contributed by atoms with Crippen LogP contribution in [0.1, 0.15) is 0 Å². The maximum absolute atomic E-state index is 6.72. The fourth-order valence-corrected chi connectivity index (χ4v) is 0.794. The molecular formula is C9H10N2O. The van der Waals surface area contributed by atoms with E-state index >= 15 is 0 Å². The molecule has 0 aliphatic heterocycles. The van der Waals surface area contributed by atoms with Gasteiger partial charge >= 0.3 is 0 Å². The Bertz CT molecular complexity index is 274. The van der Waals surface area contributed by atoms with Crippen molar-refractivity contribution in [1.82, 2.24) is 0 Å². The van der Waals surface area contributed by atoms with Crippen LogP contribution in [0.3, 0.4) is 0 Å². The highest BCUT2D eigenvalue weighted by Gasteiger charge is 1.92. The quantitative estimate of drug-likeness (QED) is 0.685. The predicted molar refractivity (Wildman–Crippen MR) is 47.3 cm³/mol. The van der Waals surface area contributed by atoms with Crippen molar-refractivity contribution in [3.05, 3.63) is 35.7 Å². The van der Waals surface area contributed by atoms with Gasteiger partial charge in [0.05, 0.1) is 6.57 Å². The maximum Gasteiger partial charge on any atom is 0.187 e. The molecule has 0 atom stereocenters. The van der Waals surface area contributed by atoms with E-state index in [-0.39, 0.29) is 0 Å². The summed E-state index contributed by atoms with van der Waals surface area (Å²) in [5.41, 5.74) is 5.88. The maximum atomic E-state index is 6.72. The second-order valence-corrected chi connectivity index (χ2v) is 2.24. The minimum atomic E-state index is 0.505. The first kappa shape index (κ1) is 8.57. The normalized spacial score (nSPS) is 9.00. The summed E-state index contributed by atoms with van der Waals surface area (Å²) in [5.74, 6) is 0.757. The van der Waals surface area contributed by atoms with Gasteiger partial charge in [-0.2, -0.15) is 0 Å². The molecule has 0 amide bonds. The topological polar surface area (TPSA) is 39.6 Å². The minimum Gasteiger partial charge on any atom is -0.492 e. The van der Waals surface area contributed by atoms with Crippen LogP contribution in [0.15, 0.2) is 24.3 Å². The second-order valence-electron chi connectivity index (χ2n) is 2.24. The zero-order chi connectivity index (χ0) is 8.81. The molecule has 0 saturated carbocycles. The van der Waals surface area contributed by atoms with Crippen LogP contribution in [-0.2, 0) is 0 Å². The number of ether oxygens (including phenoxy) is 1. The van der Waals surface area contributed by atoms with Crippen LogP contribution in [-0.4, -0.2) is 13.2 Å². The molecule has 1 aromatic rings. The van der Waals surface area contributed by atoms with E-state index in [9.17, 15) is 0 Å². The lowest BCUT2D eigenvalue weighted by atomic mass is 10.3. The number of benzene rings is 1. The van der Waals surface area contributed by atoms with Crippen LogP contribution in [0.4, 0.5) is 5.69 Å². The van der Waals surface area contributed by atoms with E-state index in [2.05, 4.69) is 4.85 Å². The van der Waals surface area contributed by atoms with Crippen molar-refractivity contribution >= 4 is 5.69 Å². The summed E-state index contributed by atoms with van der Waals surface area (Å²) in [6.45, 7) is 7.73. The van der Waals surface area contributed by atoms with E-state index in [0.717, 1.165) is 5.75 Å². The lowest BCUT2D eigenvalue weighted by molar-refractivity contribution is 0.328. The molecule has 0 spiro atoms. The summed E-state index contributed by atoms with van der Waals surface area (Å²) in [6, 6.07) is 6.98. The molecule has 0 bridgehead atoms. The monoisotopic (exact) mass is 162 g/mol. The molecule has 3 heteroatoms. The van der Waals surface area contributed by atoms with Gasteiger partial charge in [-0.05, 0) is 12.1 Å². The average Bonchev–Trinajstić information content (AvgIpc) is 2.15. The Morgan fingerprint density at radius 2 is 2.00 bits per heavy atom. The Kier molecular flexibility index (Phi) is 3.12. The Balaban J connectivity index is 2.60. The van der Waals surface area contributed by atoms with Gasteiger partial charge in [0.15, 0.2) is 5.69 Å². The summed E-state index contributed by atoms with van der Waals surface area (Å²) in [4.78, 5) is 3.26. The van der Waals surface area contributed by atoms with Crippen molar-refractivity contribution in [3.8, 4) is 5.75 Å². The molecule has 0 aromatic heterocycles. The van der Waals surface area contributed by atoms with Crippen LogP contribution < -0.4 is 10.5 Å². The Labute approximate surface area is 71.6 Å². The van der Waals surface area contributed by atoms with Crippen molar-refractivity contribution in [2.75, 3.05) is 13.2 Å². The molecule has 1 rings (SSSR count). The van der Waals surface area contributed by atoms with Gasteiger partial charge in [-0.1, -0.05) is 12.1 Å². The third-order valence-corrected chi connectivity index (χ3v) is 1.35. The van der Waals surface area contributed by atoms with Gasteiger partial charge in [0.25, 0.3) is 0 Å². The molecule has 0 heterocycles. The molecule has 62 valence electrons. The van der Waals surface area contributed by atoms with E-state index in [4.69, 9.17) is 17.0 Å². The molecular weight excluding hydrogens is 152 g/mol. The highest BCUT2D eigenvalue weighted by atomic mass is 16.5. The molecule has 0 fully saturated rings. The fourth-order valence-electron chi connectivity index (χ4n) is 0.794. The van der Waals surface area contributed by atoms with Gasteiger partial charge in [0, 0.05) is 6.54 Å². The zero-order valence-corrected chi connectivity index (χ0v) is 6.66. The first-order chi connectivity index (χ1) is 5.86. The van der Waals surface area contributed by atoms with Gasteiger partial charge in [0.2, 0.25) is 0 Å². The van der Waals surface area contributed by atoms with Gasteiger partial charge < -0.3 is 10.5 Å². The van der Waals surface area contributed by atoms with Gasteiger partial charge in [0.1, 0.15) is 12.4 Å². The molecule has 0 unspecified atom stereocenters. The highest BCUT2D eigenvalue weighted by molar-refractivity contribution is 5.46. The van der Waals surface area contributed by atoms with E-state index in [0.29, 0.717) is 18.8 Å².